The monoisotopic (exact) mass is 142 g/mol. The maximum Gasteiger partial charge on any atom is 0.314 e. The van der Waals surface area contributed by atoms with Crippen LogP contribution in [0.1, 0.15) is 20.3 Å². The Morgan fingerprint density at radius 1 is 1.50 bits per heavy atom. The zero-order valence-electron chi connectivity index (χ0n) is 6.09. The van der Waals surface area contributed by atoms with E-state index in [2.05, 4.69) is 0 Å². The van der Waals surface area contributed by atoms with Crippen molar-refractivity contribution in [3.8, 4) is 0 Å². The maximum atomic E-state index is 10.9. The molecule has 0 N–H and O–H groups in total. The summed E-state index contributed by atoms with van der Waals surface area (Å²) >= 11 is 0. The van der Waals surface area contributed by atoms with E-state index < -0.39 is 6.10 Å². The first-order valence-electron chi connectivity index (χ1n) is 3.33. The predicted molar refractivity (Wildman–Crippen MR) is 34.3 cm³/mol. The molecular weight excluding hydrogens is 132 g/mol. The molecule has 0 aromatic rings. The molecule has 1 atom stereocenters. The molecule has 0 aliphatic carbocycles. The lowest BCUT2D eigenvalue weighted by atomic mass is 10.0. The molecule has 0 aromatic carbocycles. The standard InChI is InChI=1S/C7H10O3/c1-4(2)7-5(8)3-6(9)10-7/h4,7H,3H2,1-2H3/t7-/m1/s1. The topological polar surface area (TPSA) is 43.4 Å². The van der Waals surface area contributed by atoms with Crippen molar-refractivity contribution in [2.24, 2.45) is 5.92 Å². The Morgan fingerprint density at radius 2 is 2.10 bits per heavy atom. The van der Waals surface area contributed by atoms with Crippen LogP contribution in [0, 0.1) is 5.92 Å². The van der Waals surface area contributed by atoms with E-state index in [1.165, 1.54) is 0 Å². The zero-order chi connectivity index (χ0) is 7.72. The lowest BCUT2D eigenvalue weighted by Gasteiger charge is -2.10. The summed E-state index contributed by atoms with van der Waals surface area (Å²) in [6.45, 7) is 3.72. The summed E-state index contributed by atoms with van der Waals surface area (Å²) < 4.78 is 4.75. The molecule has 1 saturated heterocycles. The van der Waals surface area contributed by atoms with Crippen molar-refractivity contribution in [1.29, 1.82) is 0 Å². The van der Waals surface area contributed by atoms with Gasteiger partial charge in [-0.1, -0.05) is 13.8 Å². The van der Waals surface area contributed by atoms with E-state index in [9.17, 15) is 9.59 Å². The van der Waals surface area contributed by atoms with Crippen LogP contribution in [0.3, 0.4) is 0 Å². The average molecular weight is 142 g/mol. The molecule has 3 heteroatoms. The van der Waals surface area contributed by atoms with Gasteiger partial charge in [0.15, 0.2) is 11.9 Å². The first-order valence-corrected chi connectivity index (χ1v) is 3.33. The average Bonchev–Trinajstić information content (AvgIpc) is 2.10. The van der Waals surface area contributed by atoms with Gasteiger partial charge in [-0.15, -0.1) is 0 Å². The summed E-state index contributed by atoms with van der Waals surface area (Å²) in [6.07, 6.45) is -0.518. The van der Waals surface area contributed by atoms with Gasteiger partial charge in [-0.2, -0.15) is 0 Å². The Morgan fingerprint density at radius 3 is 2.30 bits per heavy atom. The molecule has 1 fully saturated rings. The summed E-state index contributed by atoms with van der Waals surface area (Å²) in [7, 11) is 0. The highest BCUT2D eigenvalue weighted by atomic mass is 16.6. The minimum Gasteiger partial charge on any atom is -0.454 e. The second-order valence-electron chi connectivity index (χ2n) is 2.80. The molecule has 0 spiro atoms. The van der Waals surface area contributed by atoms with Gasteiger partial charge in [-0.25, -0.2) is 0 Å². The number of carbonyl (C=O) groups excluding carboxylic acids is 2. The van der Waals surface area contributed by atoms with Gasteiger partial charge in [0.1, 0.15) is 6.42 Å². The van der Waals surface area contributed by atoms with Gasteiger partial charge in [-0.3, -0.25) is 9.59 Å². The highest BCUT2D eigenvalue weighted by Crippen LogP contribution is 2.16. The maximum absolute atomic E-state index is 10.9. The van der Waals surface area contributed by atoms with Gasteiger partial charge >= 0.3 is 5.97 Å². The highest BCUT2D eigenvalue weighted by Gasteiger charge is 2.34. The van der Waals surface area contributed by atoms with Gasteiger partial charge in [0.2, 0.25) is 0 Å². The first kappa shape index (κ1) is 7.25. The number of ketones is 1. The molecule has 0 radical (unpaired) electrons. The molecule has 0 amide bonds. The number of hydrogen-bond donors (Lipinski definition) is 0. The van der Waals surface area contributed by atoms with E-state index in [4.69, 9.17) is 4.74 Å². The number of esters is 1. The Kier molecular flexibility index (Phi) is 1.74. The molecular formula is C7H10O3. The van der Waals surface area contributed by atoms with Crippen LogP contribution >= 0.6 is 0 Å². The normalized spacial score (nSPS) is 25.7. The summed E-state index contributed by atoms with van der Waals surface area (Å²) in [6, 6.07) is 0. The largest absolute Gasteiger partial charge is 0.454 e. The lowest BCUT2D eigenvalue weighted by molar-refractivity contribution is -0.144. The predicted octanol–water partition coefficient (Wildman–Crippen LogP) is 0.527. The Hall–Kier alpha value is -0.860. The Labute approximate surface area is 59.4 Å². The minimum atomic E-state index is -0.479. The van der Waals surface area contributed by atoms with E-state index >= 15 is 0 Å². The van der Waals surface area contributed by atoms with E-state index in [1.54, 1.807) is 0 Å². The molecule has 1 heterocycles. The molecule has 0 saturated carbocycles. The summed E-state index contributed by atoms with van der Waals surface area (Å²) in [5.41, 5.74) is 0. The van der Waals surface area contributed by atoms with Crippen LogP contribution in [0.25, 0.3) is 0 Å². The van der Waals surface area contributed by atoms with Crippen molar-refractivity contribution in [2.45, 2.75) is 26.4 Å². The van der Waals surface area contributed by atoms with Crippen LogP contribution < -0.4 is 0 Å². The summed E-state index contributed by atoms with van der Waals surface area (Å²) in [4.78, 5) is 21.4. The van der Waals surface area contributed by atoms with Crippen molar-refractivity contribution >= 4 is 11.8 Å². The van der Waals surface area contributed by atoms with Crippen LogP contribution in [0.15, 0.2) is 0 Å². The number of Topliss-reactive ketones (excluding diaryl/α,β-unsaturated/α-hetero) is 1. The Balaban J connectivity index is 2.63. The SMILES string of the molecule is CC(C)[C@H]1OC(=O)CC1=O. The molecule has 0 bridgehead atoms. The van der Waals surface area contributed by atoms with Crippen molar-refractivity contribution < 1.29 is 14.3 Å². The fraction of sp³-hybridized carbons (Fsp3) is 0.714. The first-order chi connectivity index (χ1) is 4.61. The molecule has 1 rings (SSSR count). The zero-order valence-corrected chi connectivity index (χ0v) is 6.09. The van der Waals surface area contributed by atoms with Gasteiger partial charge in [0.25, 0.3) is 0 Å². The molecule has 0 unspecified atom stereocenters. The fourth-order valence-electron chi connectivity index (χ4n) is 1.000. The third kappa shape index (κ3) is 1.17. The Bertz CT molecular complexity index is 172. The fourth-order valence-corrected chi connectivity index (χ4v) is 1.000. The van der Waals surface area contributed by atoms with Crippen LogP contribution in [-0.4, -0.2) is 17.9 Å². The van der Waals surface area contributed by atoms with Crippen LogP contribution in [0.4, 0.5) is 0 Å². The second kappa shape index (κ2) is 2.40. The van der Waals surface area contributed by atoms with E-state index in [-0.39, 0.29) is 24.1 Å². The van der Waals surface area contributed by atoms with E-state index in [1.807, 2.05) is 13.8 Å². The number of ether oxygens (including phenoxy) is 1. The number of rotatable bonds is 1. The third-order valence-electron chi connectivity index (χ3n) is 1.50. The third-order valence-corrected chi connectivity index (χ3v) is 1.50. The van der Waals surface area contributed by atoms with E-state index in [0.29, 0.717) is 0 Å². The molecule has 1 aliphatic rings. The minimum absolute atomic E-state index is 0.0388. The van der Waals surface area contributed by atoms with Crippen LogP contribution in [0.2, 0.25) is 0 Å². The van der Waals surface area contributed by atoms with Crippen LogP contribution in [0.5, 0.6) is 0 Å². The van der Waals surface area contributed by atoms with Crippen molar-refractivity contribution in [1.82, 2.24) is 0 Å². The molecule has 56 valence electrons. The number of carbonyl (C=O) groups is 2. The van der Waals surface area contributed by atoms with Gasteiger partial charge in [0, 0.05) is 0 Å². The number of cyclic esters (lactones) is 1. The van der Waals surface area contributed by atoms with Gasteiger partial charge in [-0.05, 0) is 5.92 Å². The van der Waals surface area contributed by atoms with Gasteiger partial charge < -0.3 is 4.74 Å². The van der Waals surface area contributed by atoms with Crippen molar-refractivity contribution in [3.63, 3.8) is 0 Å². The molecule has 0 aromatic heterocycles. The molecule has 10 heavy (non-hydrogen) atoms. The lowest BCUT2D eigenvalue weighted by Crippen LogP contribution is -2.21. The molecule has 3 nitrogen and oxygen atoms in total. The van der Waals surface area contributed by atoms with Crippen molar-refractivity contribution in [2.75, 3.05) is 0 Å². The molecule has 1 aliphatic heterocycles. The number of hydrogen-bond acceptors (Lipinski definition) is 3. The van der Waals surface area contributed by atoms with E-state index in [0.717, 1.165) is 0 Å². The quantitative estimate of drug-likeness (QED) is 0.396. The summed E-state index contributed by atoms with van der Waals surface area (Å²) in [5, 5.41) is 0. The van der Waals surface area contributed by atoms with Crippen LogP contribution in [-0.2, 0) is 14.3 Å². The summed E-state index contributed by atoms with van der Waals surface area (Å²) in [5.74, 6) is -0.359. The van der Waals surface area contributed by atoms with Gasteiger partial charge in [0.05, 0.1) is 0 Å². The highest BCUT2D eigenvalue weighted by molar-refractivity contribution is 6.03. The smallest absolute Gasteiger partial charge is 0.314 e. The van der Waals surface area contributed by atoms with Crippen molar-refractivity contribution in [3.05, 3.63) is 0 Å². The second-order valence-corrected chi connectivity index (χ2v) is 2.80.